The highest BCUT2D eigenvalue weighted by Gasteiger charge is 2.25. The fourth-order valence-corrected chi connectivity index (χ4v) is 1.81. The molecule has 0 bridgehead atoms. The van der Waals surface area contributed by atoms with Crippen molar-refractivity contribution in [2.75, 3.05) is 11.4 Å². The predicted octanol–water partition coefficient (Wildman–Crippen LogP) is 2.88. The van der Waals surface area contributed by atoms with Gasteiger partial charge in [-0.1, -0.05) is 28.1 Å². The number of β-lactam (4-membered cyclic amide) rings is 1. The number of carbonyl (C=O) groups excluding carboxylic acids is 1. The zero-order chi connectivity index (χ0) is 10.1. The van der Waals surface area contributed by atoms with Crippen LogP contribution in [0.25, 0.3) is 0 Å². The molecule has 1 aliphatic rings. The van der Waals surface area contributed by atoms with Crippen molar-refractivity contribution in [2.45, 2.75) is 18.2 Å². The van der Waals surface area contributed by atoms with Crippen molar-refractivity contribution < 1.29 is 4.79 Å². The van der Waals surface area contributed by atoms with Crippen LogP contribution in [0.4, 0.5) is 5.69 Å². The van der Waals surface area contributed by atoms with E-state index in [2.05, 4.69) is 35.0 Å². The number of alkyl halides is 1. The first-order valence-electron chi connectivity index (χ1n) is 4.73. The van der Waals surface area contributed by atoms with Crippen LogP contribution >= 0.6 is 15.9 Å². The third-order valence-corrected chi connectivity index (χ3v) is 3.02. The summed E-state index contributed by atoms with van der Waals surface area (Å²) in [6.07, 6.45) is 0.689. The van der Waals surface area contributed by atoms with E-state index in [1.807, 2.05) is 17.0 Å². The molecule has 0 saturated carbocycles. The fourth-order valence-electron chi connectivity index (χ4n) is 1.53. The second-order valence-electron chi connectivity index (χ2n) is 3.51. The molecule has 2 rings (SSSR count). The van der Waals surface area contributed by atoms with Crippen molar-refractivity contribution in [3.05, 3.63) is 29.8 Å². The molecule has 1 unspecified atom stereocenters. The van der Waals surface area contributed by atoms with Crippen LogP contribution < -0.4 is 4.90 Å². The average Bonchev–Trinajstić information content (AvgIpc) is 2.16. The molecule has 0 aromatic heterocycles. The van der Waals surface area contributed by atoms with Crippen molar-refractivity contribution in [2.24, 2.45) is 0 Å². The van der Waals surface area contributed by atoms with Gasteiger partial charge < -0.3 is 4.90 Å². The minimum Gasteiger partial charge on any atom is -0.312 e. The Hall–Kier alpha value is -0.830. The largest absolute Gasteiger partial charge is 0.312 e. The van der Waals surface area contributed by atoms with Crippen LogP contribution in [-0.2, 0) is 4.79 Å². The maximum Gasteiger partial charge on any atom is 0.228 e. The minimum absolute atomic E-state index is 0.226. The van der Waals surface area contributed by atoms with Gasteiger partial charge >= 0.3 is 0 Å². The smallest absolute Gasteiger partial charge is 0.228 e. The molecule has 1 saturated heterocycles. The molecule has 1 atom stereocenters. The molecule has 0 spiro atoms. The van der Waals surface area contributed by atoms with Gasteiger partial charge in [0.1, 0.15) is 0 Å². The number of nitrogens with zero attached hydrogens (tertiary/aromatic N) is 1. The summed E-state index contributed by atoms with van der Waals surface area (Å²) in [6.45, 7) is 2.94. The molecule has 0 radical (unpaired) electrons. The van der Waals surface area contributed by atoms with E-state index < -0.39 is 0 Å². The summed E-state index contributed by atoms with van der Waals surface area (Å²) in [4.78, 5) is 13.4. The lowest BCUT2D eigenvalue weighted by atomic mass is 10.1. The minimum atomic E-state index is 0.226. The number of hydrogen-bond donors (Lipinski definition) is 0. The van der Waals surface area contributed by atoms with Crippen LogP contribution in [0, 0.1) is 0 Å². The van der Waals surface area contributed by atoms with Crippen molar-refractivity contribution in [1.82, 2.24) is 0 Å². The second kappa shape index (κ2) is 3.73. The van der Waals surface area contributed by atoms with Crippen LogP contribution in [0.3, 0.4) is 0 Å². The van der Waals surface area contributed by atoms with Gasteiger partial charge in [-0.05, 0) is 24.6 Å². The average molecular weight is 254 g/mol. The van der Waals surface area contributed by atoms with Gasteiger partial charge in [-0.15, -0.1) is 0 Å². The second-order valence-corrected chi connectivity index (χ2v) is 4.88. The lowest BCUT2D eigenvalue weighted by molar-refractivity contribution is -0.122. The Morgan fingerprint density at radius 3 is 2.79 bits per heavy atom. The van der Waals surface area contributed by atoms with Gasteiger partial charge in [0.15, 0.2) is 0 Å². The number of benzene rings is 1. The zero-order valence-electron chi connectivity index (χ0n) is 8.03. The van der Waals surface area contributed by atoms with Crippen LogP contribution in [0.15, 0.2) is 24.3 Å². The first-order chi connectivity index (χ1) is 6.68. The summed E-state index contributed by atoms with van der Waals surface area (Å²) in [5, 5.41) is 0. The quantitative estimate of drug-likeness (QED) is 0.587. The molecule has 14 heavy (non-hydrogen) atoms. The van der Waals surface area contributed by atoms with Crippen molar-refractivity contribution in [3.63, 3.8) is 0 Å². The van der Waals surface area contributed by atoms with Gasteiger partial charge in [-0.25, -0.2) is 0 Å². The summed E-state index contributed by atoms with van der Waals surface area (Å²) in [5.41, 5.74) is 2.23. The summed E-state index contributed by atoms with van der Waals surface area (Å²) in [6, 6.07) is 8.10. The van der Waals surface area contributed by atoms with E-state index in [4.69, 9.17) is 0 Å². The Balaban J connectivity index is 2.26. The normalized spacial score (nSPS) is 17.9. The Morgan fingerprint density at radius 2 is 2.29 bits per heavy atom. The third kappa shape index (κ3) is 1.69. The Morgan fingerprint density at radius 1 is 1.50 bits per heavy atom. The van der Waals surface area contributed by atoms with Gasteiger partial charge in [0.05, 0.1) is 0 Å². The van der Waals surface area contributed by atoms with Gasteiger partial charge in [0.25, 0.3) is 0 Å². The lowest BCUT2D eigenvalue weighted by Gasteiger charge is -2.31. The summed E-state index contributed by atoms with van der Waals surface area (Å²) in [7, 11) is 0. The molecule has 1 aromatic rings. The molecule has 2 nitrogen and oxygen atoms in total. The highest BCUT2D eigenvalue weighted by molar-refractivity contribution is 9.09. The molecule has 1 aromatic carbocycles. The van der Waals surface area contributed by atoms with Crippen LogP contribution in [0.5, 0.6) is 0 Å². The van der Waals surface area contributed by atoms with Gasteiger partial charge in [-0.3, -0.25) is 4.79 Å². The standard InChI is InChI=1S/C11H12BrNO/c1-8(12)9-3-2-4-10(7-9)13-6-5-11(13)14/h2-4,7-8H,5-6H2,1H3. The monoisotopic (exact) mass is 253 g/mol. The molecular weight excluding hydrogens is 242 g/mol. The zero-order valence-corrected chi connectivity index (χ0v) is 9.62. The third-order valence-electron chi connectivity index (χ3n) is 2.49. The number of rotatable bonds is 2. The first kappa shape index (κ1) is 9.71. The number of carbonyl (C=O) groups is 1. The van der Waals surface area contributed by atoms with Crippen molar-refractivity contribution in [1.29, 1.82) is 0 Å². The Bertz CT molecular complexity index is 362. The molecular formula is C11H12BrNO. The number of halogens is 1. The van der Waals surface area contributed by atoms with E-state index in [-0.39, 0.29) is 5.91 Å². The lowest BCUT2D eigenvalue weighted by Crippen LogP contribution is -2.43. The molecule has 1 amide bonds. The molecule has 0 aliphatic carbocycles. The van der Waals surface area contributed by atoms with Crippen LogP contribution in [0.2, 0.25) is 0 Å². The van der Waals surface area contributed by atoms with Gasteiger partial charge in [0.2, 0.25) is 5.91 Å². The van der Waals surface area contributed by atoms with Crippen LogP contribution in [-0.4, -0.2) is 12.5 Å². The van der Waals surface area contributed by atoms with Crippen molar-refractivity contribution in [3.8, 4) is 0 Å². The molecule has 1 fully saturated rings. The molecule has 3 heteroatoms. The number of hydrogen-bond acceptors (Lipinski definition) is 1. The first-order valence-corrected chi connectivity index (χ1v) is 5.64. The summed E-state index contributed by atoms with van der Waals surface area (Å²) >= 11 is 3.52. The predicted molar refractivity (Wildman–Crippen MR) is 60.8 cm³/mol. The van der Waals surface area contributed by atoms with E-state index >= 15 is 0 Å². The van der Waals surface area contributed by atoms with E-state index in [1.54, 1.807) is 0 Å². The molecule has 1 aliphatic heterocycles. The highest BCUT2D eigenvalue weighted by Crippen LogP contribution is 2.28. The Labute approximate surface area is 92.0 Å². The van der Waals surface area contributed by atoms with E-state index in [1.165, 1.54) is 5.56 Å². The highest BCUT2D eigenvalue weighted by atomic mass is 79.9. The summed E-state index contributed by atoms with van der Waals surface area (Å²) in [5.74, 6) is 0.226. The van der Waals surface area contributed by atoms with Gasteiger partial charge in [0, 0.05) is 23.5 Å². The summed E-state index contributed by atoms with van der Waals surface area (Å²) < 4.78 is 0. The molecule has 74 valence electrons. The van der Waals surface area contributed by atoms with E-state index in [9.17, 15) is 4.79 Å². The van der Waals surface area contributed by atoms with E-state index in [0.717, 1.165) is 12.2 Å². The maximum absolute atomic E-state index is 11.2. The maximum atomic E-state index is 11.2. The number of anilines is 1. The van der Waals surface area contributed by atoms with Crippen LogP contribution in [0.1, 0.15) is 23.7 Å². The Kier molecular flexibility index (Phi) is 2.59. The topological polar surface area (TPSA) is 20.3 Å². The molecule has 0 N–H and O–H groups in total. The fraction of sp³-hybridized carbons (Fsp3) is 0.364. The SMILES string of the molecule is CC(Br)c1cccc(N2CCC2=O)c1. The van der Waals surface area contributed by atoms with Gasteiger partial charge in [-0.2, -0.15) is 0 Å². The van der Waals surface area contributed by atoms with E-state index in [0.29, 0.717) is 11.2 Å². The van der Waals surface area contributed by atoms with Crippen molar-refractivity contribution >= 4 is 27.5 Å². The molecule has 1 heterocycles. The number of amides is 1.